The zero-order valence-electron chi connectivity index (χ0n) is 12.4. The maximum atomic E-state index is 12.2. The summed E-state index contributed by atoms with van der Waals surface area (Å²) in [5.74, 6) is -0.755. The molecule has 2 N–H and O–H groups in total. The van der Waals surface area contributed by atoms with Gasteiger partial charge >= 0.3 is 12.0 Å². The predicted molar refractivity (Wildman–Crippen MR) is 74.9 cm³/mol. The van der Waals surface area contributed by atoms with Crippen LogP contribution in [0, 0.1) is 19.3 Å². The summed E-state index contributed by atoms with van der Waals surface area (Å²) in [6.07, 6.45) is 1.22. The minimum absolute atomic E-state index is 0.130. The lowest BCUT2D eigenvalue weighted by atomic mass is 9.82. The van der Waals surface area contributed by atoms with Crippen LogP contribution in [0.15, 0.2) is 0 Å². The molecule has 2 amide bonds. The number of amides is 2. The Morgan fingerprint density at radius 2 is 2.00 bits per heavy atom. The molecule has 0 spiro atoms. The van der Waals surface area contributed by atoms with E-state index >= 15 is 0 Å². The number of carbonyl (C=O) groups excluding carboxylic acids is 1. The summed E-state index contributed by atoms with van der Waals surface area (Å²) in [6, 6.07) is -0.396. The molecule has 0 aliphatic carbocycles. The molecule has 2 heterocycles. The molecule has 0 saturated carbocycles. The van der Waals surface area contributed by atoms with Crippen molar-refractivity contribution in [1.29, 1.82) is 0 Å². The van der Waals surface area contributed by atoms with Gasteiger partial charge in [-0.2, -0.15) is 5.10 Å². The molecule has 8 nitrogen and oxygen atoms in total. The van der Waals surface area contributed by atoms with Crippen molar-refractivity contribution >= 4 is 17.9 Å². The molecule has 1 aliphatic heterocycles. The first-order valence-electron chi connectivity index (χ1n) is 6.79. The Morgan fingerprint density at radius 1 is 1.29 bits per heavy atom. The zero-order chi connectivity index (χ0) is 15.6. The highest BCUT2D eigenvalue weighted by Gasteiger charge is 2.39. The van der Waals surface area contributed by atoms with Gasteiger partial charge in [0.15, 0.2) is 0 Å². The van der Waals surface area contributed by atoms with Gasteiger partial charge in [-0.15, -0.1) is 5.10 Å². The minimum atomic E-state index is -0.905. The Labute approximate surface area is 122 Å². The maximum absolute atomic E-state index is 12.2. The fourth-order valence-corrected chi connectivity index (χ4v) is 2.27. The number of urea groups is 1. The SMILES string of the molecule is Cc1nnc(NC(=O)N2CCCC(C)(C(=O)O)C2)nc1C. The lowest BCUT2D eigenvalue weighted by Gasteiger charge is -2.37. The highest BCUT2D eigenvalue weighted by molar-refractivity contribution is 5.88. The Hall–Kier alpha value is -2.25. The first-order chi connectivity index (χ1) is 9.82. The number of aliphatic carboxylic acids is 1. The Bertz CT molecular complexity index is 577. The van der Waals surface area contributed by atoms with E-state index in [1.54, 1.807) is 20.8 Å². The Balaban J connectivity index is 2.06. The van der Waals surface area contributed by atoms with Crippen LogP contribution < -0.4 is 5.32 Å². The van der Waals surface area contributed by atoms with Crippen molar-refractivity contribution in [3.63, 3.8) is 0 Å². The topological polar surface area (TPSA) is 108 Å². The van der Waals surface area contributed by atoms with Gasteiger partial charge in [-0.3, -0.25) is 10.1 Å². The highest BCUT2D eigenvalue weighted by Crippen LogP contribution is 2.29. The van der Waals surface area contributed by atoms with Crippen LogP contribution in [0.25, 0.3) is 0 Å². The first-order valence-corrected chi connectivity index (χ1v) is 6.79. The number of aryl methyl sites for hydroxylation is 2. The first kappa shape index (κ1) is 15.1. The van der Waals surface area contributed by atoms with Crippen LogP contribution >= 0.6 is 0 Å². The van der Waals surface area contributed by atoms with E-state index in [4.69, 9.17) is 0 Å². The van der Waals surface area contributed by atoms with Crippen LogP contribution in [0.5, 0.6) is 0 Å². The monoisotopic (exact) mass is 293 g/mol. The molecular formula is C13H19N5O3. The van der Waals surface area contributed by atoms with E-state index < -0.39 is 17.4 Å². The second kappa shape index (κ2) is 5.63. The molecule has 21 heavy (non-hydrogen) atoms. The van der Waals surface area contributed by atoms with Crippen LogP contribution in [0.2, 0.25) is 0 Å². The van der Waals surface area contributed by atoms with Crippen molar-refractivity contribution in [2.24, 2.45) is 5.41 Å². The lowest BCUT2D eigenvalue weighted by Crippen LogP contribution is -2.49. The van der Waals surface area contributed by atoms with Gasteiger partial charge in [0.25, 0.3) is 5.95 Å². The fraction of sp³-hybridized carbons (Fsp3) is 0.615. The van der Waals surface area contributed by atoms with Gasteiger partial charge < -0.3 is 10.0 Å². The quantitative estimate of drug-likeness (QED) is 0.848. The number of nitrogens with one attached hydrogen (secondary N) is 1. The van der Waals surface area contributed by atoms with Crippen molar-refractivity contribution in [3.8, 4) is 0 Å². The van der Waals surface area contributed by atoms with E-state index in [9.17, 15) is 14.7 Å². The molecule has 0 radical (unpaired) electrons. The number of carboxylic acid groups (broad SMARTS) is 1. The molecule has 1 unspecified atom stereocenters. The van der Waals surface area contributed by atoms with Crippen molar-refractivity contribution < 1.29 is 14.7 Å². The number of rotatable bonds is 2. The smallest absolute Gasteiger partial charge is 0.324 e. The van der Waals surface area contributed by atoms with Crippen molar-refractivity contribution in [3.05, 3.63) is 11.4 Å². The number of piperidine rings is 1. The number of aromatic nitrogens is 3. The summed E-state index contributed by atoms with van der Waals surface area (Å²) in [6.45, 7) is 5.91. The Morgan fingerprint density at radius 3 is 2.62 bits per heavy atom. The number of anilines is 1. The summed E-state index contributed by atoms with van der Waals surface area (Å²) in [7, 11) is 0. The molecule has 1 aromatic rings. The zero-order valence-corrected chi connectivity index (χ0v) is 12.4. The van der Waals surface area contributed by atoms with Crippen molar-refractivity contribution in [2.75, 3.05) is 18.4 Å². The molecule has 1 aromatic heterocycles. The number of likely N-dealkylation sites (tertiary alicyclic amines) is 1. The van der Waals surface area contributed by atoms with E-state index in [0.29, 0.717) is 30.8 Å². The van der Waals surface area contributed by atoms with Crippen LogP contribution in [0.3, 0.4) is 0 Å². The molecule has 114 valence electrons. The molecule has 2 rings (SSSR count). The van der Waals surface area contributed by atoms with Gasteiger partial charge in [0.05, 0.1) is 16.8 Å². The normalized spacial score (nSPS) is 22.0. The van der Waals surface area contributed by atoms with Crippen LogP contribution in [0.4, 0.5) is 10.7 Å². The van der Waals surface area contributed by atoms with Crippen molar-refractivity contribution in [2.45, 2.75) is 33.6 Å². The number of carboxylic acids is 1. The second-order valence-corrected chi connectivity index (χ2v) is 5.63. The van der Waals surface area contributed by atoms with Gasteiger partial charge in [0.1, 0.15) is 0 Å². The summed E-state index contributed by atoms with van der Waals surface area (Å²) in [5.41, 5.74) is 0.483. The van der Waals surface area contributed by atoms with E-state index in [-0.39, 0.29) is 12.5 Å². The number of carbonyl (C=O) groups is 2. The lowest BCUT2D eigenvalue weighted by molar-refractivity contribution is -0.150. The number of hydrogen-bond donors (Lipinski definition) is 2. The molecule has 0 bridgehead atoms. The van der Waals surface area contributed by atoms with Crippen LogP contribution in [-0.2, 0) is 4.79 Å². The average molecular weight is 293 g/mol. The standard InChI is InChI=1S/C13H19N5O3/c1-8-9(2)16-17-11(14-8)15-12(21)18-6-4-5-13(3,7-18)10(19)20/h4-7H2,1-3H3,(H,19,20)(H,14,15,17,21). The molecule has 1 fully saturated rings. The molecule has 1 aliphatic rings. The molecule has 1 atom stereocenters. The largest absolute Gasteiger partial charge is 0.481 e. The van der Waals surface area contributed by atoms with E-state index in [0.717, 1.165) is 0 Å². The third-order valence-electron chi connectivity index (χ3n) is 3.81. The van der Waals surface area contributed by atoms with Crippen molar-refractivity contribution in [1.82, 2.24) is 20.1 Å². The molecule has 1 saturated heterocycles. The van der Waals surface area contributed by atoms with Crippen LogP contribution in [0.1, 0.15) is 31.2 Å². The summed E-state index contributed by atoms with van der Waals surface area (Å²) in [5, 5.41) is 19.5. The molecular weight excluding hydrogens is 274 g/mol. The second-order valence-electron chi connectivity index (χ2n) is 5.63. The third-order valence-corrected chi connectivity index (χ3v) is 3.81. The van der Waals surface area contributed by atoms with Gasteiger partial charge in [0, 0.05) is 13.1 Å². The predicted octanol–water partition coefficient (Wildman–Crippen LogP) is 1.21. The van der Waals surface area contributed by atoms with Gasteiger partial charge in [-0.1, -0.05) is 0 Å². The van der Waals surface area contributed by atoms with Crippen LogP contribution in [-0.4, -0.2) is 50.3 Å². The maximum Gasteiger partial charge on any atom is 0.324 e. The van der Waals surface area contributed by atoms with Gasteiger partial charge in [-0.25, -0.2) is 9.78 Å². The number of hydrogen-bond acceptors (Lipinski definition) is 5. The van der Waals surface area contributed by atoms with E-state index in [1.165, 1.54) is 4.90 Å². The van der Waals surface area contributed by atoms with E-state index in [2.05, 4.69) is 20.5 Å². The number of nitrogens with zero attached hydrogens (tertiary/aromatic N) is 4. The fourth-order valence-electron chi connectivity index (χ4n) is 2.27. The van der Waals surface area contributed by atoms with E-state index in [1.807, 2.05) is 0 Å². The third kappa shape index (κ3) is 3.26. The minimum Gasteiger partial charge on any atom is -0.481 e. The van der Waals surface area contributed by atoms with Gasteiger partial charge in [0.2, 0.25) is 0 Å². The summed E-state index contributed by atoms with van der Waals surface area (Å²) in [4.78, 5) is 29.1. The summed E-state index contributed by atoms with van der Waals surface area (Å²) >= 11 is 0. The molecule has 8 heteroatoms. The molecule has 0 aromatic carbocycles. The highest BCUT2D eigenvalue weighted by atomic mass is 16.4. The summed E-state index contributed by atoms with van der Waals surface area (Å²) < 4.78 is 0. The van der Waals surface area contributed by atoms with Gasteiger partial charge in [-0.05, 0) is 33.6 Å². The average Bonchev–Trinajstić information content (AvgIpc) is 2.43. The Kier molecular flexibility index (Phi) is 4.06.